The van der Waals surface area contributed by atoms with Crippen LogP contribution in [-0.4, -0.2) is 95.9 Å². The van der Waals surface area contributed by atoms with Gasteiger partial charge in [0.2, 0.25) is 0 Å². The molecular formula is C83H134O16P2. The third-order valence-corrected chi connectivity index (χ3v) is 17.0. The Kier molecular flexibility index (Phi) is 70.4. The van der Waals surface area contributed by atoms with Crippen LogP contribution in [0.4, 0.5) is 0 Å². The Morgan fingerprint density at radius 3 is 0.782 bits per heavy atom. The first-order chi connectivity index (χ1) is 49.2. The van der Waals surface area contributed by atoms with Crippen LogP contribution in [0.25, 0.3) is 0 Å². The van der Waals surface area contributed by atoms with Crippen molar-refractivity contribution in [2.24, 2.45) is 0 Å². The van der Waals surface area contributed by atoms with Crippen molar-refractivity contribution in [3.8, 4) is 0 Å². The molecule has 0 radical (unpaired) electrons. The van der Waals surface area contributed by atoms with E-state index in [-0.39, 0.29) is 19.3 Å². The molecule has 0 amide bonds. The number of phosphoric acid groups is 2. The highest BCUT2D eigenvalue weighted by molar-refractivity contribution is 7.47. The van der Waals surface area contributed by atoms with Crippen LogP contribution in [0.15, 0.2) is 182 Å². The summed E-state index contributed by atoms with van der Waals surface area (Å²) in [6.07, 6.45) is 94.9. The van der Waals surface area contributed by atoms with Gasteiger partial charge in [-0.2, -0.15) is 0 Å². The molecule has 4 N–H and O–H groups in total. The Morgan fingerprint density at radius 1 is 0.277 bits per heavy atom. The van der Waals surface area contributed by atoms with Crippen molar-refractivity contribution in [3.05, 3.63) is 182 Å². The fourth-order valence-electron chi connectivity index (χ4n) is 9.41. The largest absolute Gasteiger partial charge is 0.472 e. The van der Waals surface area contributed by atoms with Gasteiger partial charge >= 0.3 is 33.6 Å². The predicted octanol–water partition coefficient (Wildman–Crippen LogP) is 22.2. The fourth-order valence-corrected chi connectivity index (χ4v) is 11.0. The lowest BCUT2D eigenvalue weighted by Gasteiger charge is -2.21. The van der Waals surface area contributed by atoms with Crippen molar-refractivity contribution in [3.63, 3.8) is 0 Å². The molecule has 0 aromatic rings. The van der Waals surface area contributed by atoms with Gasteiger partial charge in [0.15, 0.2) is 6.10 Å². The highest BCUT2D eigenvalue weighted by Gasteiger charge is 2.29. The standard InChI is InChI=1S/C83H134O16P2/c1-4-7-10-13-16-19-22-25-28-31-34-36-38-40-43-45-48-51-54-57-60-63-66-69-81(86)93-72-78(84)73-95-100(89,90)96-74-79(85)75-97-101(91,92)98-77-80(99-83(88)71-68-65-62-59-56-53-50-47-42-33-30-27-24-21-18-15-12-9-6-3)76-94-82(87)70-67-64-61-58-55-52-49-46-44-41-39-37-35-32-29-26-23-20-17-14-11-8-5-2/h7-12,16-21,25-30,34-37,40-44,47-48,51,78-80,84-85H,4-6,13-15,22-24,31-33,38-39,45-46,49-50,52-77H2,1-3H3,(H,89,90)(H,91,92)/b10-7-,11-8-,12-9-,19-16-,20-17-,21-18-,28-25-,29-26-,30-27-,36-34-,37-35-,43-40-,44-41-,47-42-,51-48-. The second kappa shape index (κ2) is 74.4. The van der Waals surface area contributed by atoms with Gasteiger partial charge in [0.1, 0.15) is 25.4 Å². The zero-order valence-corrected chi connectivity index (χ0v) is 64.0. The maximum Gasteiger partial charge on any atom is 0.472 e. The number of phosphoric ester groups is 2. The van der Waals surface area contributed by atoms with Crippen molar-refractivity contribution in [1.82, 2.24) is 0 Å². The third-order valence-electron chi connectivity index (χ3n) is 15.1. The lowest BCUT2D eigenvalue weighted by Crippen LogP contribution is -2.30. The predicted molar refractivity (Wildman–Crippen MR) is 417 cm³/mol. The van der Waals surface area contributed by atoms with Gasteiger partial charge in [-0.25, -0.2) is 9.13 Å². The zero-order valence-electron chi connectivity index (χ0n) is 62.2. The molecule has 0 aromatic carbocycles. The minimum absolute atomic E-state index is 0.0776. The highest BCUT2D eigenvalue weighted by atomic mass is 31.2. The molecule has 0 saturated heterocycles. The van der Waals surface area contributed by atoms with Crippen molar-refractivity contribution < 1.29 is 75.8 Å². The van der Waals surface area contributed by atoms with E-state index >= 15 is 0 Å². The smallest absolute Gasteiger partial charge is 0.463 e. The summed E-state index contributed by atoms with van der Waals surface area (Å²) in [4.78, 5) is 58.7. The van der Waals surface area contributed by atoms with Crippen LogP contribution < -0.4 is 0 Å². The summed E-state index contributed by atoms with van der Waals surface area (Å²) in [5, 5.41) is 20.6. The number of aliphatic hydroxyl groups excluding tert-OH is 2. The van der Waals surface area contributed by atoms with Gasteiger partial charge in [0.25, 0.3) is 0 Å². The van der Waals surface area contributed by atoms with Gasteiger partial charge < -0.3 is 34.2 Å². The topological polar surface area (TPSA) is 231 Å². The van der Waals surface area contributed by atoms with E-state index in [9.17, 15) is 43.5 Å². The van der Waals surface area contributed by atoms with Gasteiger partial charge in [-0.15, -0.1) is 0 Å². The molecule has 0 rings (SSSR count). The Bertz CT molecular complexity index is 2570. The SMILES string of the molecule is CC/C=C\C/C=C\C/C=C\C/C=C\C/C=C\C/C=C\CCCCCCC(=O)OCC(O)COP(=O)(O)OCC(O)COP(=O)(O)OCC(COC(=O)CCCCCCCCC/C=C\C/C=C\C/C=C\C/C=C\C/C=C\CC)OC(=O)CCCCCCCC/C=C\C/C=C\C/C=C\C/C=C\CC. The summed E-state index contributed by atoms with van der Waals surface area (Å²) in [5.74, 6) is -1.64. The third kappa shape index (κ3) is 75.6. The van der Waals surface area contributed by atoms with Gasteiger partial charge in [0, 0.05) is 19.3 Å². The number of hydrogen-bond donors (Lipinski definition) is 4. The number of aliphatic hydroxyl groups is 2. The number of esters is 3. The molecule has 0 fully saturated rings. The quantitative estimate of drug-likeness (QED) is 0.0146. The van der Waals surface area contributed by atoms with Crippen LogP contribution in [0.1, 0.15) is 265 Å². The van der Waals surface area contributed by atoms with Crippen molar-refractivity contribution in [1.29, 1.82) is 0 Å². The molecule has 5 atom stereocenters. The minimum atomic E-state index is -4.95. The van der Waals surface area contributed by atoms with Gasteiger partial charge in [-0.1, -0.05) is 274 Å². The molecule has 5 unspecified atom stereocenters. The van der Waals surface area contributed by atoms with Crippen molar-refractivity contribution >= 4 is 33.6 Å². The summed E-state index contributed by atoms with van der Waals surface area (Å²) < 4.78 is 61.1. The molecule has 0 aromatic heterocycles. The number of rotatable bonds is 70. The number of ether oxygens (including phenoxy) is 3. The van der Waals surface area contributed by atoms with Crippen LogP contribution >= 0.6 is 15.6 Å². The van der Waals surface area contributed by atoms with Gasteiger partial charge in [-0.05, 0) is 154 Å². The highest BCUT2D eigenvalue weighted by Crippen LogP contribution is 2.45. The molecule has 16 nitrogen and oxygen atoms in total. The van der Waals surface area contributed by atoms with E-state index < -0.39 is 91.5 Å². The van der Waals surface area contributed by atoms with E-state index in [0.29, 0.717) is 19.3 Å². The number of hydrogen-bond acceptors (Lipinski definition) is 14. The first-order valence-electron chi connectivity index (χ1n) is 38.1. The lowest BCUT2D eigenvalue weighted by atomic mass is 10.1. The molecule has 0 bridgehead atoms. The first kappa shape index (κ1) is 95.6. The fraction of sp³-hybridized carbons (Fsp3) is 0.602. The Balaban J connectivity index is 4.76. The average molecular weight is 1450 g/mol. The Labute approximate surface area is 611 Å². The molecular weight excluding hydrogens is 1310 g/mol. The Hall–Kier alpha value is -5.35. The van der Waals surface area contributed by atoms with E-state index in [0.717, 1.165) is 205 Å². The monoisotopic (exact) mass is 1450 g/mol. The summed E-state index contributed by atoms with van der Waals surface area (Å²) >= 11 is 0. The summed E-state index contributed by atoms with van der Waals surface area (Å²) in [6, 6.07) is 0. The van der Waals surface area contributed by atoms with E-state index in [1.165, 1.54) is 0 Å². The molecule has 18 heteroatoms. The molecule has 0 spiro atoms. The molecule has 0 aliphatic rings. The van der Waals surface area contributed by atoms with Crippen molar-refractivity contribution in [2.45, 2.75) is 283 Å². The molecule has 0 heterocycles. The molecule has 101 heavy (non-hydrogen) atoms. The molecule has 0 saturated carbocycles. The average Bonchev–Trinajstić information content (AvgIpc) is 1.05. The van der Waals surface area contributed by atoms with E-state index in [4.69, 9.17) is 32.3 Å². The summed E-state index contributed by atoms with van der Waals surface area (Å²) in [7, 11) is -9.82. The van der Waals surface area contributed by atoms with E-state index in [1.807, 2.05) is 0 Å². The van der Waals surface area contributed by atoms with E-state index in [1.54, 1.807) is 0 Å². The van der Waals surface area contributed by atoms with Crippen LogP contribution in [-0.2, 0) is 55.8 Å². The number of carbonyl (C=O) groups is 3. The second-order valence-electron chi connectivity index (χ2n) is 24.7. The maximum absolute atomic E-state index is 13.0. The minimum Gasteiger partial charge on any atom is -0.463 e. The first-order valence-corrected chi connectivity index (χ1v) is 41.1. The zero-order chi connectivity index (χ0) is 73.7. The van der Waals surface area contributed by atoms with E-state index in [2.05, 4.69) is 203 Å². The van der Waals surface area contributed by atoms with Crippen LogP contribution in [0.3, 0.4) is 0 Å². The van der Waals surface area contributed by atoms with Gasteiger partial charge in [-0.3, -0.25) is 32.5 Å². The molecule has 0 aliphatic carbocycles. The second-order valence-corrected chi connectivity index (χ2v) is 27.6. The van der Waals surface area contributed by atoms with Crippen LogP contribution in [0, 0.1) is 0 Å². The summed E-state index contributed by atoms with van der Waals surface area (Å²) in [6.45, 7) is 2.25. The Morgan fingerprint density at radius 2 is 0.495 bits per heavy atom. The van der Waals surface area contributed by atoms with Crippen LogP contribution in [0.5, 0.6) is 0 Å². The molecule has 572 valence electrons. The number of unbranched alkanes of at least 4 members (excludes halogenated alkanes) is 17. The molecule has 0 aliphatic heterocycles. The normalized spacial score (nSPS) is 15.0. The maximum atomic E-state index is 13.0. The van der Waals surface area contributed by atoms with Crippen molar-refractivity contribution in [2.75, 3.05) is 39.6 Å². The van der Waals surface area contributed by atoms with Crippen LogP contribution in [0.2, 0.25) is 0 Å². The number of allylic oxidation sites excluding steroid dienone is 30. The van der Waals surface area contributed by atoms with Gasteiger partial charge in [0.05, 0.1) is 26.4 Å². The summed E-state index contributed by atoms with van der Waals surface area (Å²) in [5.41, 5.74) is 0. The number of carbonyl (C=O) groups excluding carboxylic acids is 3. The lowest BCUT2D eigenvalue weighted by molar-refractivity contribution is -0.161.